The summed E-state index contributed by atoms with van der Waals surface area (Å²) in [6.07, 6.45) is -3.23. The highest BCUT2D eigenvalue weighted by atomic mass is 19.3. The van der Waals surface area contributed by atoms with Crippen molar-refractivity contribution in [3.63, 3.8) is 0 Å². The van der Waals surface area contributed by atoms with Gasteiger partial charge in [0.05, 0.1) is 24.8 Å². The van der Waals surface area contributed by atoms with E-state index in [0.717, 1.165) is 16.8 Å². The fourth-order valence-corrected chi connectivity index (χ4v) is 5.20. The van der Waals surface area contributed by atoms with Crippen LogP contribution in [0.5, 0.6) is 17.2 Å². The van der Waals surface area contributed by atoms with E-state index in [1.54, 1.807) is 19.1 Å². The Morgan fingerprint density at radius 2 is 1.74 bits per heavy atom. The normalized spacial score (nSPS) is 23.9. The molecule has 0 unspecified atom stereocenters. The molecule has 0 spiro atoms. The number of esters is 1. The predicted octanol–water partition coefficient (Wildman–Crippen LogP) is 4.86. The van der Waals surface area contributed by atoms with Crippen LogP contribution >= 0.6 is 0 Å². The van der Waals surface area contributed by atoms with Crippen LogP contribution in [0.25, 0.3) is 0 Å². The van der Waals surface area contributed by atoms with Gasteiger partial charge in [-0.05, 0) is 48.7 Å². The van der Waals surface area contributed by atoms with E-state index in [1.165, 1.54) is 19.2 Å². The van der Waals surface area contributed by atoms with Crippen molar-refractivity contribution in [2.45, 2.75) is 37.1 Å². The van der Waals surface area contributed by atoms with E-state index in [0.29, 0.717) is 23.3 Å². The number of rotatable bonds is 4. The molecule has 8 nitrogen and oxygen atoms in total. The van der Waals surface area contributed by atoms with Gasteiger partial charge in [-0.1, -0.05) is 30.3 Å². The van der Waals surface area contributed by atoms with Gasteiger partial charge in [0.1, 0.15) is 17.8 Å². The second-order valence-electron chi connectivity index (χ2n) is 9.74. The lowest BCUT2D eigenvalue weighted by Crippen LogP contribution is -2.46. The first kappa shape index (κ1) is 24.0. The number of amides is 1. The number of para-hydroxylation sites is 1. The number of nitrogens with one attached hydrogen (secondary N) is 2. The Morgan fingerprint density at radius 1 is 1.03 bits per heavy atom. The first-order valence-corrected chi connectivity index (χ1v) is 12.1. The van der Waals surface area contributed by atoms with Crippen LogP contribution in [0.15, 0.2) is 60.7 Å². The molecule has 0 radical (unpaired) electrons. The van der Waals surface area contributed by atoms with E-state index in [1.807, 2.05) is 36.4 Å². The monoisotopic (exact) mass is 522 g/mol. The molecule has 196 valence electrons. The summed E-state index contributed by atoms with van der Waals surface area (Å²) in [6, 6.07) is 17.1. The maximum absolute atomic E-state index is 13.7. The topological polar surface area (TPSA) is 95.1 Å². The molecule has 3 atom stereocenters. The molecule has 3 aromatic rings. The Bertz CT molecular complexity index is 1440. The molecule has 38 heavy (non-hydrogen) atoms. The Balaban J connectivity index is 1.27. The maximum Gasteiger partial charge on any atom is 0.586 e. The highest BCUT2D eigenvalue weighted by molar-refractivity contribution is 5.91. The minimum absolute atomic E-state index is 0.0402. The third-order valence-electron chi connectivity index (χ3n) is 7.29. The molecule has 0 fully saturated rings. The maximum atomic E-state index is 13.7. The minimum atomic E-state index is -3.76. The predicted molar refractivity (Wildman–Crippen MR) is 132 cm³/mol. The van der Waals surface area contributed by atoms with E-state index in [9.17, 15) is 18.4 Å². The van der Waals surface area contributed by atoms with Gasteiger partial charge in [-0.25, -0.2) is 4.79 Å². The number of carbonyl (C=O) groups is 2. The number of anilines is 1. The number of benzene rings is 3. The second-order valence-corrected chi connectivity index (χ2v) is 9.74. The van der Waals surface area contributed by atoms with Crippen molar-refractivity contribution >= 4 is 17.6 Å². The van der Waals surface area contributed by atoms with E-state index < -0.39 is 17.7 Å². The van der Waals surface area contributed by atoms with Crippen LogP contribution in [0.4, 0.5) is 14.5 Å². The van der Waals surface area contributed by atoms with Crippen molar-refractivity contribution in [2.75, 3.05) is 19.0 Å². The Hall–Kier alpha value is -4.34. The van der Waals surface area contributed by atoms with Crippen LogP contribution in [0.2, 0.25) is 0 Å². The van der Waals surface area contributed by atoms with Gasteiger partial charge in [0.25, 0.3) is 0 Å². The zero-order valence-electron chi connectivity index (χ0n) is 20.5. The molecule has 10 heteroatoms. The fourth-order valence-electron chi connectivity index (χ4n) is 5.20. The molecule has 0 bridgehead atoms. The molecular formula is C28H24F2N2O6. The van der Waals surface area contributed by atoms with Gasteiger partial charge >= 0.3 is 12.3 Å². The molecule has 0 saturated carbocycles. The van der Waals surface area contributed by atoms with Crippen molar-refractivity contribution in [2.24, 2.45) is 0 Å². The summed E-state index contributed by atoms with van der Waals surface area (Å²) in [5, 5.41) is 6.68. The van der Waals surface area contributed by atoms with E-state index in [4.69, 9.17) is 9.47 Å². The summed E-state index contributed by atoms with van der Waals surface area (Å²) >= 11 is 0. The average Bonchev–Trinajstić information content (AvgIpc) is 3.41. The molecular weight excluding hydrogens is 498 g/mol. The second kappa shape index (κ2) is 8.61. The number of hydrogen-bond donors (Lipinski definition) is 2. The standard InChI is InChI=1S/C28H24F2N2O6/c1-27(14-36-22-13-24-23(11-18(22)27)37-28(29,30)38-24)26(34)32-21-12-20(31-19-6-4-3-5-17(19)21)15-7-9-16(10-8-15)25(33)35-2/h3-11,13,20-21,31H,12,14H2,1-2H3,(H,32,34)/t20-,21-,27-/m0/s1. The van der Waals surface area contributed by atoms with Crippen LogP contribution in [-0.2, 0) is 14.9 Å². The Morgan fingerprint density at radius 3 is 2.47 bits per heavy atom. The SMILES string of the molecule is COC(=O)c1ccc([C@@H]2C[C@H](NC(=O)[C@@]3(C)COc4cc5c(cc43)OC(F)(F)O5)c3ccccc3N2)cc1. The van der Waals surface area contributed by atoms with Gasteiger partial charge < -0.3 is 29.6 Å². The van der Waals surface area contributed by atoms with Gasteiger partial charge in [0.15, 0.2) is 11.5 Å². The van der Waals surface area contributed by atoms with Crippen molar-refractivity contribution < 1.29 is 37.3 Å². The lowest BCUT2D eigenvalue weighted by Gasteiger charge is -2.35. The molecule has 6 rings (SSSR count). The third-order valence-corrected chi connectivity index (χ3v) is 7.29. The van der Waals surface area contributed by atoms with Crippen molar-refractivity contribution in [3.8, 4) is 17.2 Å². The van der Waals surface area contributed by atoms with Crippen LogP contribution in [0, 0.1) is 0 Å². The Kier molecular flexibility index (Phi) is 5.44. The van der Waals surface area contributed by atoms with Gasteiger partial charge in [0.2, 0.25) is 5.91 Å². The third kappa shape index (κ3) is 3.96. The highest BCUT2D eigenvalue weighted by Crippen LogP contribution is 2.50. The lowest BCUT2D eigenvalue weighted by molar-refractivity contribution is -0.286. The zero-order valence-corrected chi connectivity index (χ0v) is 20.5. The molecule has 3 aliphatic heterocycles. The van der Waals surface area contributed by atoms with Gasteiger partial charge in [-0.3, -0.25) is 4.79 Å². The molecule has 3 aromatic carbocycles. The van der Waals surface area contributed by atoms with Crippen LogP contribution in [0.1, 0.15) is 52.5 Å². The molecule has 1 amide bonds. The van der Waals surface area contributed by atoms with Crippen molar-refractivity contribution in [3.05, 3.63) is 82.9 Å². The van der Waals surface area contributed by atoms with Crippen molar-refractivity contribution in [1.82, 2.24) is 5.32 Å². The average molecular weight is 523 g/mol. The number of alkyl halides is 2. The smallest absolute Gasteiger partial charge is 0.492 e. The van der Waals surface area contributed by atoms with Gasteiger partial charge in [-0.15, -0.1) is 8.78 Å². The number of fused-ring (bicyclic) bond motifs is 3. The summed E-state index contributed by atoms with van der Waals surface area (Å²) in [5.74, 6) is -0.685. The van der Waals surface area contributed by atoms with E-state index >= 15 is 0 Å². The lowest BCUT2D eigenvalue weighted by atomic mass is 9.82. The first-order chi connectivity index (χ1) is 18.2. The first-order valence-electron chi connectivity index (χ1n) is 12.1. The number of ether oxygens (including phenoxy) is 4. The molecule has 2 N–H and O–H groups in total. The van der Waals surface area contributed by atoms with Crippen LogP contribution < -0.4 is 24.8 Å². The largest absolute Gasteiger partial charge is 0.586 e. The minimum Gasteiger partial charge on any atom is -0.492 e. The Labute approximate surface area is 216 Å². The molecule has 0 aromatic heterocycles. The van der Waals surface area contributed by atoms with Crippen LogP contribution in [0.3, 0.4) is 0 Å². The van der Waals surface area contributed by atoms with Gasteiger partial charge in [0, 0.05) is 17.3 Å². The molecule has 3 aliphatic rings. The molecule has 0 aliphatic carbocycles. The number of methoxy groups -OCH3 is 1. The quantitative estimate of drug-likeness (QED) is 0.473. The van der Waals surface area contributed by atoms with E-state index in [-0.39, 0.29) is 36.1 Å². The van der Waals surface area contributed by atoms with Crippen LogP contribution in [-0.4, -0.2) is 31.9 Å². The summed E-state index contributed by atoms with van der Waals surface area (Å²) in [4.78, 5) is 25.6. The van der Waals surface area contributed by atoms with Gasteiger partial charge in [-0.2, -0.15) is 0 Å². The fraction of sp³-hybridized carbons (Fsp3) is 0.286. The zero-order chi connectivity index (χ0) is 26.7. The number of halogens is 2. The van der Waals surface area contributed by atoms with Crippen molar-refractivity contribution in [1.29, 1.82) is 0 Å². The highest BCUT2D eigenvalue weighted by Gasteiger charge is 2.49. The summed E-state index contributed by atoms with van der Waals surface area (Å²) in [7, 11) is 1.33. The molecule has 0 saturated heterocycles. The number of hydrogen-bond acceptors (Lipinski definition) is 7. The summed E-state index contributed by atoms with van der Waals surface area (Å²) in [6.45, 7) is 1.75. The van der Waals surface area contributed by atoms with E-state index in [2.05, 4.69) is 20.1 Å². The molecule has 3 heterocycles. The summed E-state index contributed by atoms with van der Waals surface area (Å²) in [5.41, 5.74) is 2.52. The summed E-state index contributed by atoms with van der Waals surface area (Å²) < 4.78 is 46.8. The number of carbonyl (C=O) groups excluding carboxylic acids is 2.